The third-order valence-electron chi connectivity index (χ3n) is 4.98. The zero-order valence-corrected chi connectivity index (χ0v) is 16.6. The molecule has 0 bridgehead atoms. The number of pyridine rings is 2. The fraction of sp³-hybridized carbons (Fsp3) is 0.217. The van der Waals surface area contributed by atoms with E-state index in [-0.39, 0.29) is 12.2 Å². The van der Waals surface area contributed by atoms with Crippen molar-refractivity contribution in [1.82, 2.24) is 14.4 Å². The fourth-order valence-electron chi connectivity index (χ4n) is 3.51. The first-order valence-electron chi connectivity index (χ1n) is 9.52. The predicted molar refractivity (Wildman–Crippen MR) is 111 cm³/mol. The van der Waals surface area contributed by atoms with Crippen molar-refractivity contribution >= 4 is 22.5 Å². The lowest BCUT2D eigenvalue weighted by atomic mass is 10.0. The molecular weight excluding hydrogens is 366 g/mol. The standard InChI is InChI=1S/C23H21N3O3/c1-4-18-22(15(3)17-7-5-6-8-19(17)25-18)23(28)29-13-16-11-21(27)26-12-14(2)9-10-20(26)24-16/h5-12H,4,13H2,1-3H3. The summed E-state index contributed by atoms with van der Waals surface area (Å²) < 4.78 is 7.00. The van der Waals surface area contributed by atoms with Crippen LogP contribution in [-0.4, -0.2) is 20.3 Å². The first-order chi connectivity index (χ1) is 14.0. The van der Waals surface area contributed by atoms with Crippen LogP contribution in [0, 0.1) is 13.8 Å². The van der Waals surface area contributed by atoms with Crippen LogP contribution in [0.5, 0.6) is 0 Å². The summed E-state index contributed by atoms with van der Waals surface area (Å²) in [6.07, 6.45) is 2.35. The van der Waals surface area contributed by atoms with Crippen LogP contribution in [0.2, 0.25) is 0 Å². The van der Waals surface area contributed by atoms with E-state index in [1.165, 1.54) is 10.5 Å². The Hall–Kier alpha value is -3.54. The van der Waals surface area contributed by atoms with Gasteiger partial charge in [-0.15, -0.1) is 0 Å². The number of ether oxygens (including phenoxy) is 1. The third kappa shape index (κ3) is 3.49. The van der Waals surface area contributed by atoms with Gasteiger partial charge < -0.3 is 4.74 Å². The maximum atomic E-state index is 12.9. The van der Waals surface area contributed by atoms with Crippen LogP contribution >= 0.6 is 0 Å². The summed E-state index contributed by atoms with van der Waals surface area (Å²) in [7, 11) is 0. The first-order valence-corrected chi connectivity index (χ1v) is 9.52. The summed E-state index contributed by atoms with van der Waals surface area (Å²) >= 11 is 0. The number of aryl methyl sites for hydroxylation is 3. The molecule has 0 unspecified atom stereocenters. The minimum Gasteiger partial charge on any atom is -0.456 e. The third-order valence-corrected chi connectivity index (χ3v) is 4.98. The molecule has 0 saturated carbocycles. The number of aromatic nitrogens is 3. The van der Waals surface area contributed by atoms with E-state index in [9.17, 15) is 9.59 Å². The Morgan fingerprint density at radius 3 is 2.69 bits per heavy atom. The van der Waals surface area contributed by atoms with Gasteiger partial charge in [0.05, 0.1) is 22.5 Å². The first kappa shape index (κ1) is 18.8. The Balaban J connectivity index is 1.65. The lowest BCUT2D eigenvalue weighted by Gasteiger charge is -2.13. The predicted octanol–water partition coefficient (Wildman–Crippen LogP) is 3.78. The zero-order valence-electron chi connectivity index (χ0n) is 16.6. The number of hydrogen-bond acceptors (Lipinski definition) is 5. The number of carbonyl (C=O) groups excluding carboxylic acids is 1. The van der Waals surface area contributed by atoms with E-state index in [0.29, 0.717) is 29.0 Å². The highest BCUT2D eigenvalue weighted by Gasteiger charge is 2.19. The van der Waals surface area contributed by atoms with Gasteiger partial charge in [0.2, 0.25) is 0 Å². The molecule has 0 spiro atoms. The van der Waals surface area contributed by atoms with Gasteiger partial charge in [0.1, 0.15) is 12.3 Å². The topological polar surface area (TPSA) is 73.6 Å². The Labute approximate surface area is 167 Å². The molecular formula is C23H21N3O3. The van der Waals surface area contributed by atoms with Crippen molar-refractivity contribution in [3.05, 3.63) is 87.1 Å². The Morgan fingerprint density at radius 2 is 1.90 bits per heavy atom. The molecule has 29 heavy (non-hydrogen) atoms. The van der Waals surface area contributed by atoms with E-state index >= 15 is 0 Å². The number of hydrogen-bond donors (Lipinski definition) is 0. The van der Waals surface area contributed by atoms with E-state index in [0.717, 1.165) is 22.0 Å². The highest BCUT2D eigenvalue weighted by Crippen LogP contribution is 2.24. The van der Waals surface area contributed by atoms with Gasteiger partial charge in [0, 0.05) is 17.6 Å². The maximum absolute atomic E-state index is 12.9. The van der Waals surface area contributed by atoms with E-state index in [2.05, 4.69) is 9.97 Å². The molecule has 0 saturated heterocycles. The van der Waals surface area contributed by atoms with Gasteiger partial charge in [0.15, 0.2) is 0 Å². The minimum absolute atomic E-state index is 0.0755. The van der Waals surface area contributed by atoms with Crippen LogP contribution in [-0.2, 0) is 17.8 Å². The molecule has 0 atom stereocenters. The normalized spacial score (nSPS) is 11.1. The van der Waals surface area contributed by atoms with Crippen molar-refractivity contribution in [3.8, 4) is 0 Å². The van der Waals surface area contributed by atoms with Crippen LogP contribution in [0.15, 0.2) is 53.5 Å². The maximum Gasteiger partial charge on any atom is 0.340 e. The number of para-hydroxylation sites is 1. The van der Waals surface area contributed by atoms with Crippen LogP contribution in [0.1, 0.15) is 39.8 Å². The van der Waals surface area contributed by atoms with Crippen LogP contribution in [0.3, 0.4) is 0 Å². The molecule has 0 aliphatic rings. The van der Waals surface area contributed by atoms with Gasteiger partial charge in [-0.25, -0.2) is 9.78 Å². The highest BCUT2D eigenvalue weighted by atomic mass is 16.5. The Bertz CT molecular complexity index is 1310. The summed E-state index contributed by atoms with van der Waals surface area (Å²) in [6.45, 7) is 5.70. The molecule has 4 rings (SSSR count). The van der Waals surface area contributed by atoms with E-state index in [1.54, 1.807) is 12.3 Å². The summed E-state index contributed by atoms with van der Waals surface area (Å²) in [5.41, 5.74) is 4.59. The Morgan fingerprint density at radius 1 is 1.10 bits per heavy atom. The fourth-order valence-corrected chi connectivity index (χ4v) is 3.51. The van der Waals surface area contributed by atoms with Gasteiger partial charge in [-0.3, -0.25) is 14.2 Å². The molecule has 6 nitrogen and oxygen atoms in total. The van der Waals surface area contributed by atoms with Crippen molar-refractivity contribution in [3.63, 3.8) is 0 Å². The zero-order chi connectivity index (χ0) is 20.5. The van der Waals surface area contributed by atoms with E-state index in [4.69, 9.17) is 4.74 Å². The molecule has 0 aliphatic heterocycles. The van der Waals surface area contributed by atoms with Gasteiger partial charge in [0.25, 0.3) is 5.56 Å². The molecule has 0 fully saturated rings. The lowest BCUT2D eigenvalue weighted by Crippen LogP contribution is -2.17. The second-order valence-electron chi connectivity index (χ2n) is 7.03. The van der Waals surface area contributed by atoms with Crippen LogP contribution in [0.25, 0.3) is 16.6 Å². The smallest absolute Gasteiger partial charge is 0.340 e. The van der Waals surface area contributed by atoms with Crippen molar-refractivity contribution in [2.45, 2.75) is 33.8 Å². The monoisotopic (exact) mass is 387 g/mol. The van der Waals surface area contributed by atoms with Crippen LogP contribution < -0.4 is 5.56 Å². The summed E-state index contributed by atoms with van der Waals surface area (Å²) in [5.74, 6) is -0.455. The number of fused-ring (bicyclic) bond motifs is 2. The van der Waals surface area contributed by atoms with Crippen LogP contribution in [0.4, 0.5) is 0 Å². The van der Waals surface area contributed by atoms with E-state index < -0.39 is 5.97 Å². The number of benzene rings is 1. The Kier molecular flexibility index (Phi) is 4.84. The van der Waals surface area contributed by atoms with Gasteiger partial charge in [-0.2, -0.15) is 0 Å². The molecule has 0 aliphatic carbocycles. The minimum atomic E-state index is -0.455. The van der Waals surface area contributed by atoms with Gasteiger partial charge in [-0.05, 0) is 43.5 Å². The second kappa shape index (κ2) is 7.47. The van der Waals surface area contributed by atoms with Crippen molar-refractivity contribution in [2.24, 2.45) is 0 Å². The van der Waals surface area contributed by atoms with Gasteiger partial charge in [-0.1, -0.05) is 31.2 Å². The molecule has 3 heterocycles. The number of rotatable bonds is 4. The highest BCUT2D eigenvalue weighted by molar-refractivity contribution is 5.98. The molecule has 146 valence electrons. The second-order valence-corrected chi connectivity index (χ2v) is 7.03. The van der Waals surface area contributed by atoms with Gasteiger partial charge >= 0.3 is 5.97 Å². The van der Waals surface area contributed by atoms with Crippen molar-refractivity contribution in [2.75, 3.05) is 0 Å². The average Bonchev–Trinajstić information content (AvgIpc) is 2.72. The number of nitrogens with zero attached hydrogens (tertiary/aromatic N) is 3. The molecule has 0 radical (unpaired) electrons. The largest absolute Gasteiger partial charge is 0.456 e. The summed E-state index contributed by atoms with van der Waals surface area (Å²) in [5, 5.41) is 0.925. The van der Waals surface area contributed by atoms with Crippen molar-refractivity contribution < 1.29 is 9.53 Å². The molecule has 6 heteroatoms. The molecule has 0 N–H and O–H groups in total. The summed E-state index contributed by atoms with van der Waals surface area (Å²) in [6, 6.07) is 12.8. The number of carbonyl (C=O) groups is 1. The molecule has 0 amide bonds. The number of esters is 1. The average molecular weight is 387 g/mol. The van der Waals surface area contributed by atoms with Crippen molar-refractivity contribution in [1.29, 1.82) is 0 Å². The molecule has 4 aromatic rings. The SMILES string of the molecule is CCc1nc2ccccc2c(C)c1C(=O)OCc1cc(=O)n2cc(C)ccc2n1. The lowest BCUT2D eigenvalue weighted by molar-refractivity contribution is 0.0465. The summed E-state index contributed by atoms with van der Waals surface area (Å²) in [4.78, 5) is 34.3. The quantitative estimate of drug-likeness (QED) is 0.498. The molecule has 1 aromatic carbocycles. The van der Waals surface area contributed by atoms with E-state index in [1.807, 2.05) is 51.1 Å². The molecule has 3 aromatic heterocycles.